The summed E-state index contributed by atoms with van der Waals surface area (Å²) in [4.78, 5) is 13.3. The van der Waals surface area contributed by atoms with Crippen molar-refractivity contribution in [2.24, 2.45) is 11.1 Å². The molecule has 1 atom stereocenters. The lowest BCUT2D eigenvalue weighted by Crippen LogP contribution is -2.40. The molecule has 0 radical (unpaired) electrons. The van der Waals surface area contributed by atoms with Crippen LogP contribution in [0.3, 0.4) is 0 Å². The molecule has 0 spiro atoms. The summed E-state index contributed by atoms with van der Waals surface area (Å²) in [6.07, 6.45) is 2.65. The summed E-state index contributed by atoms with van der Waals surface area (Å²) in [7, 11) is 0. The van der Waals surface area contributed by atoms with Crippen LogP contribution < -0.4 is 21.1 Å². The summed E-state index contributed by atoms with van der Waals surface area (Å²) < 4.78 is 5.62. The number of nitrogens with two attached hydrogens (primary N) is 1. The van der Waals surface area contributed by atoms with Gasteiger partial charge in [-0.2, -0.15) is 0 Å². The van der Waals surface area contributed by atoms with Crippen molar-refractivity contribution in [3.05, 3.63) is 59.7 Å². The van der Waals surface area contributed by atoms with E-state index in [1.807, 2.05) is 18.2 Å². The van der Waals surface area contributed by atoms with Gasteiger partial charge in [0.15, 0.2) is 0 Å². The second kappa shape index (κ2) is 6.61. The van der Waals surface area contributed by atoms with Crippen molar-refractivity contribution in [1.82, 2.24) is 0 Å². The number of amides is 1. The van der Waals surface area contributed by atoms with Gasteiger partial charge in [0.25, 0.3) is 0 Å². The van der Waals surface area contributed by atoms with Crippen LogP contribution >= 0.6 is 0 Å². The smallest absolute Gasteiger partial charge is 0.235 e. The zero-order valence-electron chi connectivity index (χ0n) is 17.7. The number of carbonyl (C=O) groups excluding carboxylic acids is 1. The third-order valence-corrected chi connectivity index (χ3v) is 7.09. The topological polar surface area (TPSA) is 76.4 Å². The summed E-state index contributed by atoms with van der Waals surface area (Å²) >= 11 is 0. The molecule has 3 aliphatic rings. The normalized spacial score (nSPS) is 20.8. The lowest BCUT2D eigenvalue weighted by Gasteiger charge is -2.30. The SMILES string of the molecule is C=C1COc2ccc(C3(C(=O)Nc4ccc5c(c4)CC(C(C)(C)CN)N5)CC3)cc21. The van der Waals surface area contributed by atoms with Crippen molar-refractivity contribution in [3.63, 3.8) is 0 Å². The van der Waals surface area contributed by atoms with Crippen molar-refractivity contribution in [2.45, 2.75) is 44.6 Å². The predicted molar refractivity (Wildman–Crippen MR) is 121 cm³/mol. The Balaban J connectivity index is 1.34. The Labute approximate surface area is 177 Å². The highest BCUT2D eigenvalue weighted by Gasteiger charge is 2.51. The third kappa shape index (κ3) is 3.00. The highest BCUT2D eigenvalue weighted by Crippen LogP contribution is 2.51. The van der Waals surface area contributed by atoms with Crippen LogP contribution in [0.5, 0.6) is 5.75 Å². The first-order valence-electron chi connectivity index (χ1n) is 10.7. The number of rotatable bonds is 5. The van der Waals surface area contributed by atoms with Gasteiger partial charge in [-0.1, -0.05) is 26.5 Å². The largest absolute Gasteiger partial charge is 0.488 e. The van der Waals surface area contributed by atoms with E-state index in [4.69, 9.17) is 10.5 Å². The first kappa shape index (κ1) is 19.2. The Morgan fingerprint density at radius 3 is 2.83 bits per heavy atom. The van der Waals surface area contributed by atoms with E-state index in [0.29, 0.717) is 19.2 Å². The fraction of sp³-hybridized carbons (Fsp3) is 0.400. The monoisotopic (exact) mass is 403 g/mol. The average molecular weight is 404 g/mol. The fourth-order valence-corrected chi connectivity index (χ4v) is 4.55. The van der Waals surface area contributed by atoms with Crippen LogP contribution in [0.4, 0.5) is 11.4 Å². The molecule has 1 fully saturated rings. The Bertz CT molecular complexity index is 1050. The first-order chi connectivity index (χ1) is 14.3. The molecule has 1 saturated carbocycles. The molecule has 30 heavy (non-hydrogen) atoms. The van der Waals surface area contributed by atoms with E-state index in [0.717, 1.165) is 53.1 Å². The summed E-state index contributed by atoms with van der Waals surface area (Å²) in [6.45, 7) is 9.61. The zero-order chi connectivity index (χ0) is 21.1. The second-order valence-corrected chi connectivity index (χ2v) is 9.61. The highest BCUT2D eigenvalue weighted by atomic mass is 16.5. The second-order valence-electron chi connectivity index (χ2n) is 9.61. The minimum Gasteiger partial charge on any atom is -0.488 e. The van der Waals surface area contributed by atoms with Gasteiger partial charge in [0.05, 0.1) is 5.41 Å². The van der Waals surface area contributed by atoms with Gasteiger partial charge < -0.3 is 21.1 Å². The number of hydrogen-bond donors (Lipinski definition) is 3. The molecule has 0 aromatic heterocycles. The number of benzene rings is 2. The van der Waals surface area contributed by atoms with E-state index in [1.165, 1.54) is 5.56 Å². The molecule has 4 N–H and O–H groups in total. The third-order valence-electron chi connectivity index (χ3n) is 7.09. The van der Waals surface area contributed by atoms with E-state index in [1.54, 1.807) is 0 Å². The number of carbonyl (C=O) groups is 1. The van der Waals surface area contributed by atoms with Crippen LogP contribution in [0.2, 0.25) is 0 Å². The van der Waals surface area contributed by atoms with E-state index >= 15 is 0 Å². The molecule has 2 aliphatic heterocycles. The van der Waals surface area contributed by atoms with Crippen molar-refractivity contribution in [3.8, 4) is 5.75 Å². The van der Waals surface area contributed by atoms with Gasteiger partial charge in [0.1, 0.15) is 12.4 Å². The molecule has 0 bridgehead atoms. The molecule has 1 aliphatic carbocycles. The minimum absolute atomic E-state index is 0.0157. The molecule has 2 aromatic carbocycles. The maximum Gasteiger partial charge on any atom is 0.235 e. The van der Waals surface area contributed by atoms with Gasteiger partial charge >= 0.3 is 0 Å². The molecule has 0 saturated heterocycles. The Morgan fingerprint density at radius 2 is 2.10 bits per heavy atom. The Morgan fingerprint density at radius 1 is 1.30 bits per heavy atom. The zero-order valence-corrected chi connectivity index (χ0v) is 17.7. The first-order valence-corrected chi connectivity index (χ1v) is 10.7. The van der Waals surface area contributed by atoms with Crippen LogP contribution in [0.25, 0.3) is 5.57 Å². The van der Waals surface area contributed by atoms with Crippen LogP contribution in [0, 0.1) is 5.41 Å². The van der Waals surface area contributed by atoms with Gasteiger partial charge in [0, 0.05) is 23.0 Å². The molecule has 2 aromatic rings. The van der Waals surface area contributed by atoms with Gasteiger partial charge in [-0.15, -0.1) is 0 Å². The number of hydrogen-bond acceptors (Lipinski definition) is 4. The Kier molecular flexibility index (Phi) is 4.23. The molecule has 156 valence electrons. The van der Waals surface area contributed by atoms with Crippen molar-refractivity contribution in [1.29, 1.82) is 0 Å². The highest BCUT2D eigenvalue weighted by molar-refractivity contribution is 6.02. The quantitative estimate of drug-likeness (QED) is 0.703. The lowest BCUT2D eigenvalue weighted by atomic mass is 9.83. The molecular formula is C25H29N3O2. The van der Waals surface area contributed by atoms with Crippen LogP contribution in [0.15, 0.2) is 43.0 Å². The van der Waals surface area contributed by atoms with Crippen molar-refractivity contribution in [2.75, 3.05) is 23.8 Å². The average Bonchev–Trinajstić information content (AvgIpc) is 3.31. The van der Waals surface area contributed by atoms with E-state index in [2.05, 4.69) is 49.3 Å². The molecule has 2 heterocycles. The number of ether oxygens (including phenoxy) is 1. The summed E-state index contributed by atoms with van der Waals surface area (Å²) in [5.41, 5.74) is 11.8. The van der Waals surface area contributed by atoms with Crippen LogP contribution in [0.1, 0.15) is 43.4 Å². The van der Waals surface area contributed by atoms with Gasteiger partial charge in [-0.05, 0) is 78.3 Å². The molecular weight excluding hydrogens is 374 g/mol. The molecule has 5 nitrogen and oxygen atoms in total. The molecule has 1 amide bonds. The maximum absolute atomic E-state index is 13.3. The predicted octanol–water partition coefficient (Wildman–Crippen LogP) is 4.08. The molecule has 5 heteroatoms. The molecule has 1 unspecified atom stereocenters. The summed E-state index contributed by atoms with van der Waals surface area (Å²) in [5, 5.41) is 6.76. The van der Waals surface area contributed by atoms with E-state index < -0.39 is 5.41 Å². The van der Waals surface area contributed by atoms with Gasteiger partial charge in [-0.25, -0.2) is 0 Å². The van der Waals surface area contributed by atoms with Crippen molar-refractivity contribution >= 4 is 22.9 Å². The minimum atomic E-state index is -0.445. The van der Waals surface area contributed by atoms with Gasteiger partial charge in [0.2, 0.25) is 5.91 Å². The standard InChI is InChI=1S/C25H29N3O2/c1-15-13-30-21-7-4-17(12-19(15)21)25(8-9-25)23(29)27-18-5-6-20-16(10-18)11-22(28-20)24(2,3)14-26/h4-7,10,12,22,28H,1,8-9,11,13-14,26H2,2-3H3,(H,27,29). The van der Waals surface area contributed by atoms with Crippen LogP contribution in [-0.4, -0.2) is 25.1 Å². The van der Waals surface area contributed by atoms with Gasteiger partial charge in [-0.3, -0.25) is 4.79 Å². The van der Waals surface area contributed by atoms with Crippen LogP contribution in [-0.2, 0) is 16.6 Å². The number of anilines is 2. The number of nitrogens with one attached hydrogen (secondary N) is 2. The summed E-state index contributed by atoms with van der Waals surface area (Å²) in [5.74, 6) is 0.928. The molecule has 5 rings (SSSR count). The maximum atomic E-state index is 13.3. The fourth-order valence-electron chi connectivity index (χ4n) is 4.55. The van der Waals surface area contributed by atoms with Crippen molar-refractivity contribution < 1.29 is 9.53 Å². The lowest BCUT2D eigenvalue weighted by molar-refractivity contribution is -0.118. The number of fused-ring (bicyclic) bond motifs is 2. The van der Waals surface area contributed by atoms with E-state index in [9.17, 15) is 4.79 Å². The van der Waals surface area contributed by atoms with E-state index in [-0.39, 0.29) is 11.3 Å². The summed E-state index contributed by atoms with van der Waals surface area (Å²) in [6, 6.07) is 12.5. The Hall–Kier alpha value is -2.79.